The van der Waals surface area contributed by atoms with E-state index in [0.29, 0.717) is 5.02 Å². The summed E-state index contributed by atoms with van der Waals surface area (Å²) in [6, 6.07) is 13.3. The first-order chi connectivity index (χ1) is 12.5. The summed E-state index contributed by atoms with van der Waals surface area (Å²) >= 11 is 7.51. The molecule has 2 N–H and O–H groups in total. The summed E-state index contributed by atoms with van der Waals surface area (Å²) in [5.41, 5.74) is 0.912. The van der Waals surface area contributed by atoms with Crippen molar-refractivity contribution in [1.82, 2.24) is 10.6 Å². The molecule has 2 aromatic heterocycles. The molecular weight excluding hydrogens is 372 g/mol. The second-order valence-electron chi connectivity index (χ2n) is 5.68. The van der Waals surface area contributed by atoms with Crippen molar-refractivity contribution >= 4 is 34.8 Å². The van der Waals surface area contributed by atoms with Crippen molar-refractivity contribution in [2.75, 3.05) is 0 Å². The van der Waals surface area contributed by atoms with Gasteiger partial charge in [0.05, 0.1) is 12.3 Å². The van der Waals surface area contributed by atoms with E-state index in [2.05, 4.69) is 10.6 Å². The van der Waals surface area contributed by atoms with E-state index >= 15 is 0 Å². The van der Waals surface area contributed by atoms with Crippen LogP contribution < -0.4 is 10.6 Å². The largest absolute Gasteiger partial charge is 0.459 e. The molecule has 0 saturated carbocycles. The van der Waals surface area contributed by atoms with Gasteiger partial charge in [0.2, 0.25) is 5.91 Å². The number of amides is 2. The van der Waals surface area contributed by atoms with Gasteiger partial charge in [-0.1, -0.05) is 29.8 Å². The van der Waals surface area contributed by atoms with Crippen LogP contribution in [0.15, 0.2) is 64.6 Å². The molecule has 2 amide bonds. The first-order valence-electron chi connectivity index (χ1n) is 7.98. The van der Waals surface area contributed by atoms with Gasteiger partial charge in [-0.3, -0.25) is 9.59 Å². The molecule has 0 bridgehead atoms. The summed E-state index contributed by atoms with van der Waals surface area (Å²) in [5.74, 6) is -0.563. The number of hydrogen-bond acceptors (Lipinski definition) is 4. The van der Waals surface area contributed by atoms with Crippen LogP contribution in [0.4, 0.5) is 0 Å². The Morgan fingerprint density at radius 1 is 1.08 bits per heavy atom. The molecule has 3 rings (SSSR count). The summed E-state index contributed by atoms with van der Waals surface area (Å²) < 4.78 is 5.04. The normalized spacial score (nSPS) is 13.0. The van der Waals surface area contributed by atoms with Crippen LogP contribution in [0, 0.1) is 0 Å². The summed E-state index contributed by atoms with van der Waals surface area (Å²) in [5, 5.41) is 8.20. The zero-order chi connectivity index (χ0) is 18.5. The van der Waals surface area contributed by atoms with Crippen molar-refractivity contribution in [3.63, 3.8) is 0 Å². The number of thiophene rings is 1. The zero-order valence-electron chi connectivity index (χ0n) is 13.9. The molecule has 0 radical (unpaired) electrons. The van der Waals surface area contributed by atoms with Crippen LogP contribution >= 0.6 is 22.9 Å². The van der Waals surface area contributed by atoms with Crippen molar-refractivity contribution in [1.29, 1.82) is 0 Å². The summed E-state index contributed by atoms with van der Waals surface area (Å²) in [6.07, 6.45) is 1.41. The third-order valence-corrected chi connectivity index (χ3v) is 4.99. The molecule has 5 nitrogen and oxygen atoms in total. The lowest BCUT2D eigenvalue weighted by molar-refractivity contribution is -0.123. The Bertz CT molecular complexity index is 861. The van der Waals surface area contributed by atoms with E-state index in [0.717, 1.165) is 10.4 Å². The Kier molecular flexibility index (Phi) is 5.75. The van der Waals surface area contributed by atoms with Crippen molar-refractivity contribution in [2.45, 2.75) is 19.0 Å². The van der Waals surface area contributed by atoms with Gasteiger partial charge in [-0.2, -0.15) is 0 Å². The van der Waals surface area contributed by atoms with Gasteiger partial charge in [0, 0.05) is 9.90 Å². The number of furan rings is 1. The van der Waals surface area contributed by atoms with Crippen LogP contribution in [0.25, 0.3) is 0 Å². The molecule has 1 aromatic carbocycles. The fourth-order valence-corrected chi connectivity index (χ4v) is 3.37. The van der Waals surface area contributed by atoms with Gasteiger partial charge < -0.3 is 15.1 Å². The lowest BCUT2D eigenvalue weighted by Gasteiger charge is -2.21. The Labute approximate surface area is 160 Å². The Hall–Kier alpha value is -2.57. The fourth-order valence-electron chi connectivity index (χ4n) is 2.44. The number of carbonyl (C=O) groups excluding carboxylic acids is 2. The Morgan fingerprint density at radius 3 is 2.46 bits per heavy atom. The predicted molar refractivity (Wildman–Crippen MR) is 101 cm³/mol. The molecule has 26 heavy (non-hydrogen) atoms. The van der Waals surface area contributed by atoms with Gasteiger partial charge in [0.1, 0.15) is 6.04 Å². The number of hydrogen-bond donors (Lipinski definition) is 2. The second-order valence-corrected chi connectivity index (χ2v) is 7.10. The first kappa shape index (κ1) is 18.2. The van der Waals surface area contributed by atoms with E-state index in [1.807, 2.05) is 29.6 Å². The predicted octanol–water partition coefficient (Wildman–Crippen LogP) is 4.02. The highest BCUT2D eigenvalue weighted by Crippen LogP contribution is 2.27. The highest BCUT2D eigenvalue weighted by Gasteiger charge is 2.23. The van der Waals surface area contributed by atoms with E-state index in [4.69, 9.17) is 16.0 Å². The number of nitrogens with one attached hydrogen (secondary N) is 2. The summed E-state index contributed by atoms with van der Waals surface area (Å²) in [6.45, 7) is 1.63. The number of halogens is 1. The molecule has 3 aromatic rings. The smallest absolute Gasteiger partial charge is 0.287 e. The standard InChI is InChI=1S/C19H17ClN2O3S/c1-12(21-19(24)15-4-2-10-25-15)18(23)22-17(16-5-3-11-26-16)13-6-8-14(20)9-7-13/h2-12,17H,1H3,(H,21,24)(H,22,23). The molecule has 2 heterocycles. The summed E-state index contributed by atoms with van der Waals surface area (Å²) in [7, 11) is 0. The van der Waals surface area contributed by atoms with Crippen LogP contribution in [0.3, 0.4) is 0 Å². The average Bonchev–Trinajstić information content (AvgIpc) is 3.34. The topological polar surface area (TPSA) is 71.3 Å². The highest BCUT2D eigenvalue weighted by molar-refractivity contribution is 7.10. The van der Waals surface area contributed by atoms with Crippen LogP contribution in [0.5, 0.6) is 0 Å². The quantitative estimate of drug-likeness (QED) is 0.670. The van der Waals surface area contributed by atoms with Gasteiger partial charge in [0.25, 0.3) is 5.91 Å². The van der Waals surface area contributed by atoms with Crippen molar-refractivity contribution < 1.29 is 14.0 Å². The van der Waals surface area contributed by atoms with Gasteiger partial charge in [-0.15, -0.1) is 11.3 Å². The van der Waals surface area contributed by atoms with Gasteiger partial charge >= 0.3 is 0 Å². The van der Waals surface area contributed by atoms with Crippen LogP contribution in [-0.4, -0.2) is 17.9 Å². The monoisotopic (exact) mass is 388 g/mol. The zero-order valence-corrected chi connectivity index (χ0v) is 15.5. The van der Waals surface area contributed by atoms with Crippen LogP contribution in [0.1, 0.15) is 34.0 Å². The van der Waals surface area contributed by atoms with Crippen LogP contribution in [-0.2, 0) is 4.79 Å². The average molecular weight is 389 g/mol. The molecule has 0 aliphatic heterocycles. The second kappa shape index (κ2) is 8.21. The SMILES string of the molecule is CC(NC(=O)c1ccco1)C(=O)NC(c1ccc(Cl)cc1)c1cccs1. The van der Waals surface area contributed by atoms with E-state index in [-0.39, 0.29) is 17.7 Å². The molecule has 2 atom stereocenters. The first-order valence-corrected chi connectivity index (χ1v) is 9.24. The molecule has 0 aliphatic rings. The van der Waals surface area contributed by atoms with E-state index in [9.17, 15) is 9.59 Å². The maximum Gasteiger partial charge on any atom is 0.287 e. The molecule has 7 heteroatoms. The minimum absolute atomic E-state index is 0.164. The minimum Gasteiger partial charge on any atom is -0.459 e. The van der Waals surface area contributed by atoms with E-state index in [1.165, 1.54) is 6.26 Å². The van der Waals surface area contributed by atoms with Gasteiger partial charge in [0.15, 0.2) is 5.76 Å². The van der Waals surface area contributed by atoms with E-state index in [1.54, 1.807) is 42.5 Å². The van der Waals surface area contributed by atoms with Crippen molar-refractivity contribution in [3.05, 3.63) is 81.4 Å². The Morgan fingerprint density at radius 2 is 1.85 bits per heavy atom. The summed E-state index contributed by atoms with van der Waals surface area (Å²) in [4.78, 5) is 25.7. The van der Waals surface area contributed by atoms with E-state index < -0.39 is 11.9 Å². The van der Waals surface area contributed by atoms with Gasteiger partial charge in [-0.25, -0.2) is 0 Å². The van der Waals surface area contributed by atoms with Gasteiger partial charge in [-0.05, 0) is 48.2 Å². The maximum absolute atomic E-state index is 12.6. The third kappa shape index (κ3) is 4.33. The highest BCUT2D eigenvalue weighted by atomic mass is 35.5. The molecule has 2 unspecified atom stereocenters. The van der Waals surface area contributed by atoms with Crippen molar-refractivity contribution in [3.8, 4) is 0 Å². The molecule has 0 spiro atoms. The molecular formula is C19H17ClN2O3S. The molecule has 0 saturated heterocycles. The maximum atomic E-state index is 12.6. The number of carbonyl (C=O) groups is 2. The third-order valence-electron chi connectivity index (χ3n) is 3.80. The number of benzene rings is 1. The molecule has 0 aliphatic carbocycles. The minimum atomic E-state index is -0.720. The fraction of sp³-hybridized carbons (Fsp3) is 0.158. The van der Waals surface area contributed by atoms with Crippen molar-refractivity contribution in [2.24, 2.45) is 0 Å². The molecule has 0 fully saturated rings. The lowest BCUT2D eigenvalue weighted by Crippen LogP contribution is -2.45. The van der Waals surface area contributed by atoms with Crippen LogP contribution in [0.2, 0.25) is 5.02 Å². The lowest BCUT2D eigenvalue weighted by atomic mass is 10.0. The number of rotatable bonds is 6. The molecule has 134 valence electrons. The Balaban J connectivity index is 1.73.